The molecule has 0 bridgehead atoms. The van der Waals surface area contributed by atoms with Gasteiger partial charge in [-0.25, -0.2) is 19.4 Å². The molecule has 0 saturated carbocycles. The van der Waals surface area contributed by atoms with E-state index in [1.54, 1.807) is 51.1 Å². The minimum atomic E-state index is -3.43. The molecule has 0 spiro atoms. The highest BCUT2D eigenvalue weighted by molar-refractivity contribution is 8.09. The molecule has 0 amide bonds. The van der Waals surface area contributed by atoms with Crippen LogP contribution >= 0.6 is 6.64 Å². The van der Waals surface area contributed by atoms with Gasteiger partial charge < -0.3 is 29.4 Å². The molecule has 1 aliphatic heterocycles. The van der Waals surface area contributed by atoms with Crippen molar-refractivity contribution in [2.24, 2.45) is 0 Å². The molecule has 3 aromatic rings. The zero-order valence-electron chi connectivity index (χ0n) is 21.2. The standard InChI is InChI=1S/C23H30FN6O6PS/c1-13(2)34-20(32)14(3)29-37(38,36-15-8-6-5-7-9-15)33-11-17-18(31)23(4,24)21(35-17)30-12-27-16-10-26-22(25)28-19(16)30/h5-10,12-14,17-18,21,31H,11H2,1-4H3,(H,29,38)(H2,25,26,28)/t14-,17-,18-,21?,23-,37?/m1/s1. The fourth-order valence-electron chi connectivity index (χ4n) is 3.87. The van der Waals surface area contributed by atoms with Crippen LogP contribution in [-0.4, -0.2) is 67.2 Å². The van der Waals surface area contributed by atoms with Crippen LogP contribution in [0.1, 0.15) is 33.9 Å². The predicted octanol–water partition coefficient (Wildman–Crippen LogP) is 2.64. The van der Waals surface area contributed by atoms with Gasteiger partial charge in [0.05, 0.1) is 25.2 Å². The van der Waals surface area contributed by atoms with Crippen molar-refractivity contribution in [2.45, 2.75) is 63.9 Å². The molecule has 12 nitrogen and oxygen atoms in total. The summed E-state index contributed by atoms with van der Waals surface area (Å²) < 4.78 is 40.2. The van der Waals surface area contributed by atoms with E-state index in [1.165, 1.54) is 24.0 Å². The van der Waals surface area contributed by atoms with Gasteiger partial charge in [-0.3, -0.25) is 9.36 Å². The van der Waals surface area contributed by atoms with Gasteiger partial charge >= 0.3 is 12.6 Å². The van der Waals surface area contributed by atoms with E-state index in [-0.39, 0.29) is 24.3 Å². The number of rotatable bonds is 10. The first-order valence-corrected chi connectivity index (χ1v) is 14.5. The number of hydrogen-bond donors (Lipinski definition) is 3. The molecule has 6 atom stereocenters. The van der Waals surface area contributed by atoms with Crippen molar-refractivity contribution in [3.8, 4) is 5.75 Å². The minimum absolute atomic E-state index is 0.0202. The Balaban J connectivity index is 1.54. The van der Waals surface area contributed by atoms with Gasteiger partial charge in [-0.15, -0.1) is 0 Å². The Bertz CT molecular complexity index is 1330. The SMILES string of the molecule is CC(C)OC(=O)[C@@H](C)NP(=S)(OC[C@H]1OC(n2cnc3cnc(N)nc32)[C@](C)(F)[C@@H]1O)Oc1ccccc1. The molecule has 38 heavy (non-hydrogen) atoms. The lowest BCUT2D eigenvalue weighted by atomic mass is 9.98. The van der Waals surface area contributed by atoms with E-state index in [9.17, 15) is 9.90 Å². The summed E-state index contributed by atoms with van der Waals surface area (Å²) >= 11 is 5.68. The molecule has 4 rings (SSSR count). The van der Waals surface area contributed by atoms with Crippen LogP contribution in [-0.2, 0) is 30.6 Å². The second kappa shape index (κ2) is 11.2. The van der Waals surface area contributed by atoms with Crippen molar-refractivity contribution >= 4 is 41.5 Å². The van der Waals surface area contributed by atoms with E-state index in [0.717, 1.165) is 0 Å². The van der Waals surface area contributed by atoms with E-state index in [0.29, 0.717) is 11.3 Å². The minimum Gasteiger partial charge on any atom is -0.462 e. The van der Waals surface area contributed by atoms with Crippen LogP contribution in [0.25, 0.3) is 11.2 Å². The fraction of sp³-hybridized carbons (Fsp3) is 0.478. The number of aromatic nitrogens is 4. The summed E-state index contributed by atoms with van der Waals surface area (Å²) in [4.78, 5) is 24.6. The van der Waals surface area contributed by atoms with Crippen molar-refractivity contribution in [1.82, 2.24) is 24.6 Å². The van der Waals surface area contributed by atoms with Gasteiger partial charge in [-0.2, -0.15) is 4.98 Å². The number of nitrogens with two attached hydrogens (primary N) is 1. The number of nitrogen functional groups attached to an aromatic ring is 1. The zero-order valence-corrected chi connectivity index (χ0v) is 22.9. The topological polar surface area (TPSA) is 156 Å². The maximum absolute atomic E-state index is 15.8. The molecule has 4 N–H and O–H groups in total. The fourth-order valence-corrected chi connectivity index (χ4v) is 6.29. The Hall–Kier alpha value is -2.74. The number of benzene rings is 1. The summed E-state index contributed by atoms with van der Waals surface area (Å²) in [5.41, 5.74) is 4.06. The number of nitrogens with zero attached hydrogens (tertiary/aromatic N) is 4. The molecule has 1 saturated heterocycles. The third-order valence-corrected chi connectivity index (χ3v) is 8.24. The molecular weight excluding hydrogens is 538 g/mol. The summed E-state index contributed by atoms with van der Waals surface area (Å²) in [6.45, 7) is 2.45. The Morgan fingerprint density at radius 1 is 1.34 bits per heavy atom. The summed E-state index contributed by atoms with van der Waals surface area (Å²) in [6, 6.07) is 7.78. The highest BCUT2D eigenvalue weighted by atomic mass is 32.5. The lowest BCUT2D eigenvalue weighted by Crippen LogP contribution is -2.41. The van der Waals surface area contributed by atoms with Crippen molar-refractivity contribution in [1.29, 1.82) is 0 Å². The molecule has 0 radical (unpaired) electrons. The number of hydrogen-bond acceptors (Lipinski definition) is 11. The summed E-state index contributed by atoms with van der Waals surface area (Å²) in [5.74, 6) is -0.166. The first-order chi connectivity index (χ1) is 17.9. The lowest BCUT2D eigenvalue weighted by Gasteiger charge is -2.28. The maximum atomic E-state index is 15.8. The van der Waals surface area contributed by atoms with Crippen LogP contribution < -0.4 is 15.3 Å². The summed E-state index contributed by atoms with van der Waals surface area (Å²) in [7, 11) is 0. The van der Waals surface area contributed by atoms with Gasteiger partial charge in [-0.05, 0) is 51.6 Å². The zero-order chi connectivity index (χ0) is 27.7. The first-order valence-electron chi connectivity index (χ1n) is 11.8. The predicted molar refractivity (Wildman–Crippen MR) is 140 cm³/mol. The molecule has 2 unspecified atom stereocenters. The van der Waals surface area contributed by atoms with E-state index < -0.39 is 42.8 Å². The van der Waals surface area contributed by atoms with Crippen molar-refractivity contribution < 1.29 is 32.8 Å². The first kappa shape index (κ1) is 28.3. The number of aliphatic hydroxyl groups is 1. The quantitative estimate of drug-likeness (QED) is 0.243. The van der Waals surface area contributed by atoms with Gasteiger partial charge in [0.15, 0.2) is 17.5 Å². The Morgan fingerprint density at radius 2 is 2.05 bits per heavy atom. The van der Waals surface area contributed by atoms with Crippen LogP contribution in [0, 0.1) is 0 Å². The second-order valence-electron chi connectivity index (χ2n) is 9.25. The van der Waals surface area contributed by atoms with Gasteiger partial charge in [0.2, 0.25) is 5.95 Å². The van der Waals surface area contributed by atoms with Crippen LogP contribution in [0.4, 0.5) is 10.3 Å². The molecule has 3 heterocycles. The Labute approximate surface area is 223 Å². The monoisotopic (exact) mass is 568 g/mol. The largest absolute Gasteiger partial charge is 0.462 e. The molecule has 0 aliphatic carbocycles. The number of alkyl halides is 1. The number of ether oxygens (including phenoxy) is 2. The van der Waals surface area contributed by atoms with Crippen LogP contribution in [0.15, 0.2) is 42.9 Å². The van der Waals surface area contributed by atoms with Gasteiger partial charge in [0.25, 0.3) is 0 Å². The highest BCUT2D eigenvalue weighted by Crippen LogP contribution is 2.48. The molecule has 1 aromatic carbocycles. The molecule has 1 aliphatic rings. The Kier molecular flexibility index (Phi) is 8.31. The number of carbonyl (C=O) groups excluding carboxylic acids is 1. The number of anilines is 1. The molecule has 2 aromatic heterocycles. The van der Waals surface area contributed by atoms with E-state index in [4.69, 9.17) is 36.1 Å². The number of carbonyl (C=O) groups is 1. The van der Waals surface area contributed by atoms with Gasteiger partial charge in [0, 0.05) is 0 Å². The lowest BCUT2D eigenvalue weighted by molar-refractivity contribution is -0.149. The van der Waals surface area contributed by atoms with Crippen molar-refractivity contribution in [2.75, 3.05) is 12.3 Å². The highest BCUT2D eigenvalue weighted by Gasteiger charge is 2.55. The second-order valence-corrected chi connectivity index (χ2v) is 12.4. The van der Waals surface area contributed by atoms with Crippen LogP contribution in [0.3, 0.4) is 0 Å². The van der Waals surface area contributed by atoms with E-state index >= 15 is 4.39 Å². The number of imidazole rings is 1. The maximum Gasteiger partial charge on any atom is 0.323 e. The number of nitrogens with one attached hydrogen (secondary N) is 1. The van der Waals surface area contributed by atoms with Gasteiger partial charge in [0.1, 0.15) is 29.5 Å². The van der Waals surface area contributed by atoms with Crippen molar-refractivity contribution in [3.63, 3.8) is 0 Å². The average molecular weight is 569 g/mol. The molecule has 15 heteroatoms. The number of esters is 1. The van der Waals surface area contributed by atoms with E-state index in [2.05, 4.69) is 20.0 Å². The number of aliphatic hydroxyl groups excluding tert-OH is 1. The average Bonchev–Trinajstić information content (AvgIpc) is 3.35. The summed E-state index contributed by atoms with van der Waals surface area (Å²) in [5, 5.41) is 13.7. The van der Waals surface area contributed by atoms with Crippen molar-refractivity contribution in [3.05, 3.63) is 42.9 Å². The summed E-state index contributed by atoms with van der Waals surface area (Å²) in [6.07, 6.45) is -1.64. The Morgan fingerprint density at radius 3 is 2.74 bits per heavy atom. The van der Waals surface area contributed by atoms with E-state index in [1.807, 2.05) is 0 Å². The number of para-hydroxylation sites is 1. The van der Waals surface area contributed by atoms with Crippen LogP contribution in [0.5, 0.6) is 5.75 Å². The molecule has 206 valence electrons. The van der Waals surface area contributed by atoms with Gasteiger partial charge in [-0.1, -0.05) is 18.2 Å². The number of fused-ring (bicyclic) bond motifs is 1. The third-order valence-electron chi connectivity index (χ3n) is 5.74. The molecule has 1 fully saturated rings. The smallest absolute Gasteiger partial charge is 0.323 e. The van der Waals surface area contributed by atoms with Crippen LogP contribution in [0.2, 0.25) is 0 Å². The normalized spacial score (nSPS) is 25.8. The molecular formula is C23H30FN6O6PS. The third kappa shape index (κ3) is 6.11. The number of halogens is 1.